The Morgan fingerprint density at radius 3 is 2.55 bits per heavy atom. The average Bonchev–Trinajstić information content (AvgIpc) is 3.22. The highest BCUT2D eigenvalue weighted by atomic mass is 19.1. The largest absolute Gasteiger partial charge is 0.493 e. The van der Waals surface area contributed by atoms with Crippen molar-refractivity contribution in [1.82, 2.24) is 10.3 Å². The molecule has 0 aliphatic rings. The zero-order chi connectivity index (χ0) is 20.6. The Morgan fingerprint density at radius 2 is 1.86 bits per heavy atom. The van der Waals surface area contributed by atoms with Crippen LogP contribution in [0.5, 0.6) is 11.5 Å². The van der Waals surface area contributed by atoms with Crippen LogP contribution in [0.2, 0.25) is 0 Å². The maximum absolute atomic E-state index is 13.0. The molecule has 2 aromatic carbocycles. The molecule has 1 aromatic heterocycles. The number of nitrogens with one attached hydrogen (secondary N) is 2. The number of guanidine groups is 1. The molecule has 8 heteroatoms. The van der Waals surface area contributed by atoms with E-state index in [1.807, 2.05) is 18.2 Å². The van der Waals surface area contributed by atoms with E-state index in [1.165, 1.54) is 12.1 Å². The molecule has 0 radical (unpaired) electrons. The number of halogens is 1. The van der Waals surface area contributed by atoms with Crippen LogP contribution in [0.1, 0.15) is 5.69 Å². The van der Waals surface area contributed by atoms with E-state index in [0.717, 1.165) is 16.9 Å². The second-order valence-electron chi connectivity index (χ2n) is 6.09. The summed E-state index contributed by atoms with van der Waals surface area (Å²) in [6.45, 7) is 0.600. The minimum atomic E-state index is -0.293. The highest BCUT2D eigenvalue weighted by Gasteiger charge is 2.09. The van der Waals surface area contributed by atoms with Crippen LogP contribution in [-0.2, 0) is 6.42 Å². The van der Waals surface area contributed by atoms with E-state index in [-0.39, 0.29) is 5.82 Å². The topological polar surface area (TPSA) is 80.9 Å². The first kappa shape index (κ1) is 20.2. The van der Waals surface area contributed by atoms with Gasteiger partial charge in [-0.25, -0.2) is 9.37 Å². The molecule has 3 rings (SSSR count). The molecule has 0 saturated carbocycles. The van der Waals surface area contributed by atoms with Gasteiger partial charge in [0.1, 0.15) is 12.1 Å². The number of aliphatic imine (C=N–C) groups is 1. The van der Waals surface area contributed by atoms with Gasteiger partial charge in [-0.05, 0) is 36.4 Å². The fourth-order valence-electron chi connectivity index (χ4n) is 2.69. The van der Waals surface area contributed by atoms with E-state index in [1.54, 1.807) is 39.7 Å². The maximum atomic E-state index is 13.0. The Labute approximate surface area is 168 Å². The first-order chi connectivity index (χ1) is 14.1. The molecule has 0 aliphatic heterocycles. The number of benzene rings is 2. The number of hydrogen-bond acceptors (Lipinski definition) is 5. The van der Waals surface area contributed by atoms with Gasteiger partial charge in [-0.15, -0.1) is 0 Å². The number of aromatic nitrogens is 1. The van der Waals surface area contributed by atoms with Gasteiger partial charge >= 0.3 is 0 Å². The molecule has 152 valence electrons. The molecule has 2 N–H and O–H groups in total. The third-order valence-electron chi connectivity index (χ3n) is 4.19. The summed E-state index contributed by atoms with van der Waals surface area (Å²) in [5, 5.41) is 6.43. The molecule has 29 heavy (non-hydrogen) atoms. The third kappa shape index (κ3) is 5.25. The van der Waals surface area contributed by atoms with Crippen molar-refractivity contribution < 1.29 is 18.3 Å². The second kappa shape index (κ2) is 9.59. The Bertz CT molecular complexity index is 970. The number of ether oxygens (including phenoxy) is 2. The second-order valence-corrected chi connectivity index (χ2v) is 6.09. The Hall–Kier alpha value is -3.55. The van der Waals surface area contributed by atoms with Crippen LogP contribution in [0, 0.1) is 5.82 Å². The van der Waals surface area contributed by atoms with Crippen LogP contribution in [0.4, 0.5) is 10.1 Å². The van der Waals surface area contributed by atoms with Gasteiger partial charge in [0, 0.05) is 37.3 Å². The number of hydrogen-bond donors (Lipinski definition) is 2. The van der Waals surface area contributed by atoms with E-state index in [0.29, 0.717) is 36.3 Å². The molecule has 0 saturated heterocycles. The van der Waals surface area contributed by atoms with Crippen LogP contribution in [0.15, 0.2) is 58.1 Å². The van der Waals surface area contributed by atoms with Crippen molar-refractivity contribution in [2.24, 2.45) is 4.99 Å². The number of rotatable bonds is 7. The molecule has 7 nitrogen and oxygen atoms in total. The van der Waals surface area contributed by atoms with Crippen molar-refractivity contribution in [2.75, 3.05) is 33.1 Å². The van der Waals surface area contributed by atoms with Crippen molar-refractivity contribution in [3.63, 3.8) is 0 Å². The van der Waals surface area contributed by atoms with E-state index in [2.05, 4.69) is 20.6 Å². The lowest BCUT2D eigenvalue weighted by molar-refractivity contribution is 0.355. The van der Waals surface area contributed by atoms with Crippen molar-refractivity contribution in [1.29, 1.82) is 0 Å². The average molecular weight is 398 g/mol. The highest BCUT2D eigenvalue weighted by Crippen LogP contribution is 2.29. The Morgan fingerprint density at radius 1 is 1.10 bits per heavy atom. The van der Waals surface area contributed by atoms with Gasteiger partial charge in [-0.3, -0.25) is 4.99 Å². The lowest BCUT2D eigenvalue weighted by atomic mass is 10.2. The lowest BCUT2D eigenvalue weighted by Gasteiger charge is -2.13. The quantitative estimate of drug-likeness (QED) is 0.466. The predicted molar refractivity (Wildman–Crippen MR) is 110 cm³/mol. The third-order valence-corrected chi connectivity index (χ3v) is 4.19. The summed E-state index contributed by atoms with van der Waals surface area (Å²) < 4.78 is 29.1. The zero-order valence-corrected chi connectivity index (χ0v) is 16.5. The van der Waals surface area contributed by atoms with Gasteiger partial charge in [0.15, 0.2) is 17.5 Å². The van der Waals surface area contributed by atoms with Gasteiger partial charge in [0.05, 0.1) is 19.9 Å². The molecule has 0 spiro atoms. The molecule has 0 aliphatic carbocycles. The van der Waals surface area contributed by atoms with Crippen LogP contribution < -0.4 is 20.1 Å². The lowest BCUT2D eigenvalue weighted by Crippen LogP contribution is -2.32. The van der Waals surface area contributed by atoms with Crippen molar-refractivity contribution in [3.05, 3.63) is 60.2 Å². The summed E-state index contributed by atoms with van der Waals surface area (Å²) in [4.78, 5) is 8.66. The minimum absolute atomic E-state index is 0.293. The zero-order valence-electron chi connectivity index (χ0n) is 16.5. The normalized spacial score (nSPS) is 11.2. The fraction of sp³-hybridized carbons (Fsp3) is 0.238. The van der Waals surface area contributed by atoms with Gasteiger partial charge in [0.25, 0.3) is 0 Å². The number of oxazole rings is 1. The smallest absolute Gasteiger partial charge is 0.226 e. The maximum Gasteiger partial charge on any atom is 0.226 e. The fourth-order valence-corrected chi connectivity index (χ4v) is 2.69. The molecular formula is C21H23FN4O3. The number of nitrogens with zero attached hydrogens (tertiary/aromatic N) is 2. The van der Waals surface area contributed by atoms with Gasteiger partial charge in [-0.1, -0.05) is 0 Å². The van der Waals surface area contributed by atoms with Crippen molar-refractivity contribution in [2.45, 2.75) is 6.42 Å². The minimum Gasteiger partial charge on any atom is -0.493 e. The van der Waals surface area contributed by atoms with Gasteiger partial charge in [0.2, 0.25) is 5.89 Å². The molecular weight excluding hydrogens is 375 g/mol. The molecule has 0 unspecified atom stereocenters. The molecule has 0 amide bonds. The van der Waals surface area contributed by atoms with Gasteiger partial charge in [-0.2, -0.15) is 0 Å². The standard InChI is InChI=1S/C21H23FN4O3/c1-23-21(26-16-8-9-18(27-2)19(12-16)28-3)24-11-10-17-13-29-20(25-17)14-4-6-15(22)7-5-14/h4-9,12-13H,10-11H2,1-3H3,(H2,23,24,26). The van der Waals surface area contributed by atoms with Gasteiger partial charge < -0.3 is 24.5 Å². The summed E-state index contributed by atoms with van der Waals surface area (Å²) in [5.74, 6) is 2.07. The first-order valence-electron chi connectivity index (χ1n) is 9.03. The summed E-state index contributed by atoms with van der Waals surface area (Å²) in [6.07, 6.45) is 2.24. The summed E-state index contributed by atoms with van der Waals surface area (Å²) in [6, 6.07) is 11.6. The van der Waals surface area contributed by atoms with E-state index in [9.17, 15) is 4.39 Å². The van der Waals surface area contributed by atoms with Crippen LogP contribution >= 0.6 is 0 Å². The molecule has 1 heterocycles. The summed E-state index contributed by atoms with van der Waals surface area (Å²) in [5.41, 5.74) is 2.34. The first-order valence-corrected chi connectivity index (χ1v) is 9.03. The van der Waals surface area contributed by atoms with E-state index >= 15 is 0 Å². The molecule has 0 atom stereocenters. The van der Waals surface area contributed by atoms with Crippen molar-refractivity contribution in [3.8, 4) is 23.0 Å². The van der Waals surface area contributed by atoms with Crippen LogP contribution in [-0.4, -0.2) is 38.8 Å². The Kier molecular flexibility index (Phi) is 6.67. The van der Waals surface area contributed by atoms with E-state index < -0.39 is 0 Å². The van der Waals surface area contributed by atoms with Crippen LogP contribution in [0.3, 0.4) is 0 Å². The Balaban J connectivity index is 1.55. The monoisotopic (exact) mass is 398 g/mol. The molecule has 0 fully saturated rings. The summed E-state index contributed by atoms with van der Waals surface area (Å²) in [7, 11) is 4.88. The van der Waals surface area contributed by atoms with Crippen LogP contribution in [0.25, 0.3) is 11.5 Å². The summed E-state index contributed by atoms with van der Waals surface area (Å²) >= 11 is 0. The predicted octanol–water partition coefficient (Wildman–Crippen LogP) is 3.73. The van der Waals surface area contributed by atoms with E-state index in [4.69, 9.17) is 13.9 Å². The SMILES string of the molecule is CN=C(NCCc1coc(-c2ccc(F)cc2)n1)Nc1ccc(OC)c(OC)c1. The highest BCUT2D eigenvalue weighted by molar-refractivity contribution is 5.93. The number of methoxy groups -OCH3 is 2. The molecule has 0 bridgehead atoms. The molecule has 3 aromatic rings. The van der Waals surface area contributed by atoms with Crippen molar-refractivity contribution >= 4 is 11.6 Å². The number of anilines is 1.